The number of carbonyl (C=O) groups is 1. The van der Waals surface area contributed by atoms with Crippen LogP contribution in [0.15, 0.2) is 5.11 Å². The van der Waals surface area contributed by atoms with Gasteiger partial charge in [0.15, 0.2) is 0 Å². The molecule has 10 atom stereocenters. The average Bonchev–Trinajstić information content (AvgIpc) is 3.04. The predicted molar refractivity (Wildman–Crippen MR) is 116 cm³/mol. The van der Waals surface area contributed by atoms with Crippen LogP contribution in [-0.2, 0) is 4.79 Å². The normalized spacial score (nSPS) is 48.6. The molecule has 2 N–H and O–H groups in total. The third-order valence-corrected chi connectivity index (χ3v) is 10.4. The molecule has 6 nitrogen and oxygen atoms in total. The van der Waals surface area contributed by atoms with Gasteiger partial charge in [-0.05, 0) is 110 Å². The number of aliphatic carboxylic acids is 1. The lowest BCUT2D eigenvalue weighted by atomic mass is 9.43. The Balaban J connectivity index is 1.54. The van der Waals surface area contributed by atoms with Gasteiger partial charge in [0.05, 0.1) is 6.10 Å². The summed E-state index contributed by atoms with van der Waals surface area (Å²) in [5.41, 5.74) is 9.34. The van der Waals surface area contributed by atoms with Crippen LogP contribution in [0, 0.1) is 46.3 Å². The van der Waals surface area contributed by atoms with Crippen molar-refractivity contribution in [2.45, 2.75) is 97.1 Å². The molecule has 0 heterocycles. The Morgan fingerprint density at radius 1 is 1.13 bits per heavy atom. The lowest BCUT2D eigenvalue weighted by molar-refractivity contribution is -0.166. The van der Waals surface area contributed by atoms with Crippen LogP contribution in [0.5, 0.6) is 0 Å². The van der Waals surface area contributed by atoms with E-state index in [1.54, 1.807) is 0 Å². The van der Waals surface area contributed by atoms with Crippen molar-refractivity contribution in [1.29, 1.82) is 0 Å². The molecule has 6 heteroatoms. The van der Waals surface area contributed by atoms with Crippen LogP contribution < -0.4 is 0 Å². The van der Waals surface area contributed by atoms with E-state index in [0.717, 1.165) is 32.1 Å². The lowest BCUT2D eigenvalue weighted by Gasteiger charge is -2.62. The van der Waals surface area contributed by atoms with Gasteiger partial charge in [-0.25, -0.2) is 0 Å². The maximum atomic E-state index is 11.4. The van der Waals surface area contributed by atoms with Gasteiger partial charge in [0.25, 0.3) is 0 Å². The number of aliphatic hydroxyl groups is 1. The quantitative estimate of drug-likeness (QED) is 0.335. The number of fused-ring (bicyclic) bond motifs is 5. The predicted octanol–water partition coefficient (Wildman–Crippen LogP) is 5.80. The highest BCUT2D eigenvalue weighted by molar-refractivity contribution is 5.66. The smallest absolute Gasteiger partial charge is 0.303 e. The van der Waals surface area contributed by atoms with E-state index in [-0.39, 0.29) is 29.4 Å². The summed E-state index contributed by atoms with van der Waals surface area (Å²) in [5.74, 6) is 2.24. The zero-order chi connectivity index (χ0) is 21.7. The number of rotatable bonds is 5. The number of carboxylic acid groups (broad SMARTS) is 1. The van der Waals surface area contributed by atoms with Gasteiger partial charge < -0.3 is 10.2 Å². The fourth-order valence-corrected chi connectivity index (χ4v) is 8.91. The Labute approximate surface area is 180 Å². The minimum Gasteiger partial charge on any atom is -0.481 e. The summed E-state index contributed by atoms with van der Waals surface area (Å²) in [7, 11) is 0. The molecule has 4 aliphatic rings. The van der Waals surface area contributed by atoms with Crippen LogP contribution in [0.25, 0.3) is 10.4 Å². The summed E-state index contributed by atoms with van der Waals surface area (Å²) >= 11 is 0. The zero-order valence-electron chi connectivity index (χ0n) is 18.8. The first-order chi connectivity index (χ1) is 14.2. The first kappa shape index (κ1) is 22.0. The maximum Gasteiger partial charge on any atom is 0.303 e. The van der Waals surface area contributed by atoms with Gasteiger partial charge in [-0.2, -0.15) is 0 Å². The molecule has 0 bridgehead atoms. The van der Waals surface area contributed by atoms with Crippen LogP contribution in [-0.4, -0.2) is 28.3 Å². The molecule has 0 aliphatic heterocycles. The highest BCUT2D eigenvalue weighted by Crippen LogP contribution is 2.68. The SMILES string of the molecule is CC(CCC(=O)O)[C@H]1CC[C@H]2[C@@H]3[C@@H](O)CC4C[C@@H](N=[N+]=[N-])CC[C@]4(C)[C@H]3CCC12C. The summed E-state index contributed by atoms with van der Waals surface area (Å²) in [6.07, 6.45) is 9.37. The molecule has 4 fully saturated rings. The Kier molecular flexibility index (Phi) is 5.87. The van der Waals surface area contributed by atoms with Crippen molar-refractivity contribution in [3.8, 4) is 0 Å². The van der Waals surface area contributed by atoms with Crippen molar-refractivity contribution >= 4 is 5.97 Å². The Bertz CT molecular complexity index is 722. The second-order valence-electron chi connectivity index (χ2n) is 11.6. The molecule has 0 saturated heterocycles. The molecule has 0 radical (unpaired) electrons. The summed E-state index contributed by atoms with van der Waals surface area (Å²) < 4.78 is 0. The summed E-state index contributed by atoms with van der Waals surface area (Å²) in [6.45, 7) is 7.15. The average molecular weight is 418 g/mol. The number of hydrogen-bond acceptors (Lipinski definition) is 3. The zero-order valence-corrected chi connectivity index (χ0v) is 18.8. The monoisotopic (exact) mass is 417 g/mol. The van der Waals surface area contributed by atoms with E-state index in [0.29, 0.717) is 35.5 Å². The van der Waals surface area contributed by atoms with Crippen LogP contribution in [0.4, 0.5) is 0 Å². The van der Waals surface area contributed by atoms with E-state index in [4.69, 9.17) is 10.6 Å². The lowest BCUT2D eigenvalue weighted by Crippen LogP contribution is -2.58. The molecule has 0 spiro atoms. The molecule has 0 aromatic heterocycles. The standard InChI is InChI=1S/C24H39N3O3/c1-14(4-7-21(29)30)17-5-6-18-22-19(9-11-24(17,18)3)23(2)10-8-16(26-27-25)12-15(23)13-20(22)28/h14-20,22,28H,4-13H2,1-3H3,(H,29,30)/t14?,15?,16-,17+,18-,19-,20-,22-,23-,24?/m0/s1. The minimum atomic E-state index is -0.691. The number of azide groups is 1. The second kappa shape index (κ2) is 8.02. The Morgan fingerprint density at radius 3 is 2.53 bits per heavy atom. The van der Waals surface area contributed by atoms with Gasteiger partial charge in [-0.15, -0.1) is 0 Å². The van der Waals surface area contributed by atoms with Gasteiger partial charge in [-0.3, -0.25) is 4.79 Å². The molecule has 30 heavy (non-hydrogen) atoms. The highest BCUT2D eigenvalue weighted by atomic mass is 16.4. The van der Waals surface area contributed by atoms with Gasteiger partial charge >= 0.3 is 5.97 Å². The molecule has 3 unspecified atom stereocenters. The van der Waals surface area contributed by atoms with E-state index < -0.39 is 5.97 Å². The molecule has 168 valence electrons. The van der Waals surface area contributed by atoms with Crippen LogP contribution in [0.3, 0.4) is 0 Å². The summed E-state index contributed by atoms with van der Waals surface area (Å²) in [5, 5.41) is 24.5. The Morgan fingerprint density at radius 2 is 1.83 bits per heavy atom. The fraction of sp³-hybridized carbons (Fsp3) is 0.958. The van der Waals surface area contributed by atoms with E-state index >= 15 is 0 Å². The fourth-order valence-electron chi connectivity index (χ4n) is 8.91. The third-order valence-electron chi connectivity index (χ3n) is 10.4. The molecule has 4 rings (SSSR count). The van der Waals surface area contributed by atoms with Crippen molar-refractivity contribution in [2.75, 3.05) is 0 Å². The molecule has 0 amide bonds. The molecular weight excluding hydrogens is 378 g/mol. The number of nitrogens with zero attached hydrogens (tertiary/aromatic N) is 3. The molecule has 0 aromatic rings. The first-order valence-corrected chi connectivity index (χ1v) is 12.1. The Hall–Kier alpha value is -1.26. The van der Waals surface area contributed by atoms with Gasteiger partial charge in [0.1, 0.15) is 0 Å². The van der Waals surface area contributed by atoms with Crippen molar-refractivity contribution in [3.63, 3.8) is 0 Å². The largest absolute Gasteiger partial charge is 0.481 e. The van der Waals surface area contributed by atoms with E-state index in [9.17, 15) is 9.90 Å². The van der Waals surface area contributed by atoms with Crippen molar-refractivity contribution < 1.29 is 15.0 Å². The van der Waals surface area contributed by atoms with Crippen molar-refractivity contribution in [2.24, 2.45) is 51.5 Å². The molecule has 4 saturated carbocycles. The number of hydrogen-bond donors (Lipinski definition) is 2. The molecular formula is C24H39N3O3. The second-order valence-corrected chi connectivity index (χ2v) is 11.6. The van der Waals surface area contributed by atoms with Crippen LogP contribution in [0.1, 0.15) is 85.0 Å². The third kappa shape index (κ3) is 3.44. The maximum absolute atomic E-state index is 11.4. The van der Waals surface area contributed by atoms with E-state index in [1.165, 1.54) is 25.7 Å². The van der Waals surface area contributed by atoms with Crippen molar-refractivity contribution in [1.82, 2.24) is 0 Å². The van der Waals surface area contributed by atoms with Gasteiger partial charge in [0, 0.05) is 17.4 Å². The topological polar surface area (TPSA) is 106 Å². The summed E-state index contributed by atoms with van der Waals surface area (Å²) in [4.78, 5) is 14.1. The highest BCUT2D eigenvalue weighted by Gasteiger charge is 2.62. The number of carboxylic acids is 1. The van der Waals surface area contributed by atoms with E-state index in [1.807, 2.05) is 0 Å². The molecule has 4 aliphatic carbocycles. The number of aliphatic hydroxyl groups excluding tert-OH is 1. The van der Waals surface area contributed by atoms with Crippen LogP contribution in [0.2, 0.25) is 0 Å². The first-order valence-electron chi connectivity index (χ1n) is 12.1. The minimum absolute atomic E-state index is 0.0941. The van der Waals surface area contributed by atoms with Gasteiger partial charge in [-0.1, -0.05) is 25.9 Å². The van der Waals surface area contributed by atoms with Crippen molar-refractivity contribution in [3.05, 3.63) is 10.4 Å². The summed E-state index contributed by atoms with van der Waals surface area (Å²) in [6, 6.07) is 0.0941. The molecule has 0 aromatic carbocycles. The van der Waals surface area contributed by atoms with Crippen LogP contribution >= 0.6 is 0 Å². The van der Waals surface area contributed by atoms with E-state index in [2.05, 4.69) is 30.8 Å². The van der Waals surface area contributed by atoms with Gasteiger partial charge in [0.2, 0.25) is 0 Å².